The van der Waals surface area contributed by atoms with Crippen molar-refractivity contribution in [1.82, 2.24) is 24.8 Å². The van der Waals surface area contributed by atoms with E-state index in [-0.39, 0.29) is 5.91 Å². The summed E-state index contributed by atoms with van der Waals surface area (Å²) in [6, 6.07) is 0.672. The van der Waals surface area contributed by atoms with Gasteiger partial charge in [-0.15, -0.1) is 5.10 Å². The summed E-state index contributed by atoms with van der Waals surface area (Å²) in [6.45, 7) is 3.00. The Labute approximate surface area is 119 Å². The third-order valence-corrected chi connectivity index (χ3v) is 4.84. The van der Waals surface area contributed by atoms with Crippen molar-refractivity contribution in [3.8, 4) is 0 Å². The van der Waals surface area contributed by atoms with Crippen molar-refractivity contribution in [3.05, 3.63) is 11.9 Å². The summed E-state index contributed by atoms with van der Waals surface area (Å²) in [5.41, 5.74) is 0.887. The van der Waals surface area contributed by atoms with Crippen molar-refractivity contribution in [2.24, 2.45) is 13.0 Å². The van der Waals surface area contributed by atoms with Crippen LogP contribution in [0.25, 0.3) is 0 Å². The van der Waals surface area contributed by atoms with Crippen LogP contribution in [0.2, 0.25) is 0 Å². The van der Waals surface area contributed by atoms with Gasteiger partial charge in [0.25, 0.3) is 0 Å². The number of hydrogen-bond donors (Lipinski definition) is 0. The zero-order valence-electron chi connectivity index (χ0n) is 12.3. The molecule has 1 amide bonds. The molecule has 2 atom stereocenters. The van der Waals surface area contributed by atoms with Gasteiger partial charge in [0.05, 0.1) is 18.3 Å². The largest absolute Gasteiger partial charge is 0.342 e. The minimum absolute atomic E-state index is 0.210. The lowest BCUT2D eigenvalue weighted by Gasteiger charge is -2.46. The number of hydrogen-bond acceptors (Lipinski definition) is 4. The first-order valence-electron chi connectivity index (χ1n) is 7.46. The molecule has 0 aliphatic carbocycles. The lowest BCUT2D eigenvalue weighted by Crippen LogP contribution is -2.54. The molecule has 0 aromatic carbocycles. The van der Waals surface area contributed by atoms with E-state index in [0.717, 1.165) is 25.2 Å². The Morgan fingerprint density at radius 2 is 2.20 bits per heavy atom. The molecule has 0 saturated carbocycles. The maximum absolute atomic E-state index is 12.4. The molecule has 3 rings (SSSR count). The zero-order valence-corrected chi connectivity index (χ0v) is 12.3. The van der Waals surface area contributed by atoms with Crippen LogP contribution in [-0.2, 0) is 18.3 Å². The predicted octanol–water partition coefficient (Wildman–Crippen LogP) is 0.300. The molecular formula is C14H23N5O. The molecule has 6 nitrogen and oxygen atoms in total. The number of carbonyl (C=O) groups is 1. The second-order valence-electron chi connectivity index (χ2n) is 6.10. The molecule has 2 saturated heterocycles. The molecule has 20 heavy (non-hydrogen) atoms. The Morgan fingerprint density at radius 3 is 2.95 bits per heavy atom. The van der Waals surface area contributed by atoms with Gasteiger partial charge in [-0.3, -0.25) is 9.48 Å². The molecule has 2 aliphatic rings. The van der Waals surface area contributed by atoms with Crippen LogP contribution in [0.4, 0.5) is 0 Å². The first-order valence-corrected chi connectivity index (χ1v) is 7.46. The van der Waals surface area contributed by atoms with Gasteiger partial charge < -0.3 is 9.80 Å². The summed E-state index contributed by atoms with van der Waals surface area (Å²) >= 11 is 0. The van der Waals surface area contributed by atoms with Crippen molar-refractivity contribution < 1.29 is 4.79 Å². The van der Waals surface area contributed by atoms with Crippen molar-refractivity contribution in [2.75, 3.05) is 26.7 Å². The molecule has 0 spiro atoms. The Hall–Kier alpha value is -1.43. The molecule has 6 heteroatoms. The maximum atomic E-state index is 12.4. The first-order chi connectivity index (χ1) is 9.65. The van der Waals surface area contributed by atoms with E-state index in [1.54, 1.807) is 10.9 Å². The number of aryl methyl sites for hydroxylation is 1. The van der Waals surface area contributed by atoms with Gasteiger partial charge in [0.1, 0.15) is 0 Å². The SMILES string of the molecule is CN1CCCC2CN(C(=O)Cc3cnnn3C)CCC21. The van der Waals surface area contributed by atoms with Gasteiger partial charge in [-0.2, -0.15) is 0 Å². The highest BCUT2D eigenvalue weighted by Gasteiger charge is 2.35. The van der Waals surface area contributed by atoms with Gasteiger partial charge in [0, 0.05) is 26.2 Å². The minimum atomic E-state index is 0.210. The zero-order chi connectivity index (χ0) is 14.1. The number of likely N-dealkylation sites (tertiary alicyclic amines) is 2. The monoisotopic (exact) mass is 277 g/mol. The Bertz CT molecular complexity index is 486. The van der Waals surface area contributed by atoms with Crippen LogP contribution in [0.5, 0.6) is 0 Å². The average molecular weight is 277 g/mol. The van der Waals surface area contributed by atoms with Crippen molar-refractivity contribution >= 4 is 5.91 Å². The highest BCUT2D eigenvalue weighted by Crippen LogP contribution is 2.29. The second kappa shape index (κ2) is 5.52. The van der Waals surface area contributed by atoms with Crippen LogP contribution in [-0.4, -0.2) is 63.4 Å². The second-order valence-corrected chi connectivity index (χ2v) is 6.10. The fourth-order valence-electron chi connectivity index (χ4n) is 3.62. The van der Waals surface area contributed by atoms with Crippen LogP contribution >= 0.6 is 0 Å². The number of piperidine rings is 2. The third-order valence-electron chi connectivity index (χ3n) is 4.84. The topological polar surface area (TPSA) is 54.3 Å². The summed E-state index contributed by atoms with van der Waals surface area (Å²) in [5.74, 6) is 0.859. The summed E-state index contributed by atoms with van der Waals surface area (Å²) in [4.78, 5) is 16.9. The smallest absolute Gasteiger partial charge is 0.228 e. The lowest BCUT2D eigenvalue weighted by atomic mass is 9.84. The van der Waals surface area contributed by atoms with E-state index in [4.69, 9.17) is 0 Å². The van der Waals surface area contributed by atoms with Crippen LogP contribution < -0.4 is 0 Å². The lowest BCUT2D eigenvalue weighted by molar-refractivity contribution is -0.134. The van der Waals surface area contributed by atoms with Crippen LogP contribution in [0.15, 0.2) is 6.20 Å². The molecule has 0 N–H and O–H groups in total. The molecule has 0 bridgehead atoms. The van der Waals surface area contributed by atoms with Crippen molar-refractivity contribution in [2.45, 2.75) is 31.7 Å². The molecule has 2 unspecified atom stereocenters. The van der Waals surface area contributed by atoms with E-state index < -0.39 is 0 Å². The quantitative estimate of drug-likeness (QED) is 0.780. The Balaban J connectivity index is 1.61. The molecule has 110 valence electrons. The van der Waals surface area contributed by atoms with E-state index in [0.29, 0.717) is 18.4 Å². The molecular weight excluding hydrogens is 254 g/mol. The molecule has 2 fully saturated rings. The number of aromatic nitrogens is 3. The first kappa shape index (κ1) is 13.5. The summed E-state index contributed by atoms with van der Waals surface area (Å²) in [6.07, 6.45) is 5.71. The van der Waals surface area contributed by atoms with Crippen molar-refractivity contribution in [1.29, 1.82) is 0 Å². The molecule has 2 aliphatic heterocycles. The Morgan fingerprint density at radius 1 is 1.35 bits per heavy atom. The van der Waals surface area contributed by atoms with E-state index in [2.05, 4.69) is 22.3 Å². The number of carbonyl (C=O) groups excluding carboxylic acids is 1. The fraction of sp³-hybridized carbons (Fsp3) is 0.786. The highest BCUT2D eigenvalue weighted by atomic mass is 16.2. The normalized spacial score (nSPS) is 27.4. The van der Waals surface area contributed by atoms with E-state index in [1.165, 1.54) is 19.4 Å². The summed E-state index contributed by atoms with van der Waals surface area (Å²) in [5, 5.41) is 7.71. The maximum Gasteiger partial charge on any atom is 0.228 e. The fourth-order valence-corrected chi connectivity index (χ4v) is 3.62. The Kier molecular flexibility index (Phi) is 3.74. The van der Waals surface area contributed by atoms with Gasteiger partial charge in [-0.05, 0) is 38.8 Å². The van der Waals surface area contributed by atoms with Gasteiger partial charge in [0.15, 0.2) is 0 Å². The predicted molar refractivity (Wildman–Crippen MR) is 75.0 cm³/mol. The molecule has 3 heterocycles. The minimum Gasteiger partial charge on any atom is -0.342 e. The molecule has 1 aromatic heterocycles. The number of fused-ring (bicyclic) bond motifs is 1. The van der Waals surface area contributed by atoms with E-state index >= 15 is 0 Å². The summed E-state index contributed by atoms with van der Waals surface area (Å²) in [7, 11) is 4.05. The highest BCUT2D eigenvalue weighted by molar-refractivity contribution is 5.78. The third kappa shape index (κ3) is 2.57. The number of amides is 1. The van der Waals surface area contributed by atoms with Crippen LogP contribution in [0.1, 0.15) is 25.0 Å². The van der Waals surface area contributed by atoms with Gasteiger partial charge in [-0.25, -0.2) is 0 Å². The van der Waals surface area contributed by atoms with Gasteiger partial charge >= 0.3 is 0 Å². The summed E-state index contributed by atoms with van der Waals surface area (Å²) < 4.78 is 1.68. The van der Waals surface area contributed by atoms with E-state index in [1.807, 2.05) is 11.9 Å². The average Bonchev–Trinajstić information content (AvgIpc) is 2.84. The molecule has 1 aromatic rings. The van der Waals surface area contributed by atoms with Crippen LogP contribution in [0, 0.1) is 5.92 Å². The van der Waals surface area contributed by atoms with Gasteiger partial charge in [0.2, 0.25) is 5.91 Å². The van der Waals surface area contributed by atoms with Gasteiger partial charge in [-0.1, -0.05) is 5.21 Å². The molecule has 0 radical (unpaired) electrons. The number of rotatable bonds is 2. The van der Waals surface area contributed by atoms with E-state index in [9.17, 15) is 4.79 Å². The number of nitrogens with zero attached hydrogens (tertiary/aromatic N) is 5. The van der Waals surface area contributed by atoms with Crippen molar-refractivity contribution in [3.63, 3.8) is 0 Å². The van der Waals surface area contributed by atoms with Crippen LogP contribution in [0.3, 0.4) is 0 Å². The standard InChI is InChI=1S/C14H23N5O/c1-17-6-3-4-11-10-19(7-5-13(11)17)14(20)8-12-9-15-16-18(12)2/h9,11,13H,3-8,10H2,1-2H3.